The monoisotopic (exact) mass is 372 g/mol. The smallest absolute Gasteiger partial charge is 0.337 e. The first kappa shape index (κ1) is 17.7. The molecular formula is C22H20N4O2. The van der Waals surface area contributed by atoms with Crippen molar-refractivity contribution >= 4 is 17.6 Å². The Bertz CT molecular complexity index is 1090. The van der Waals surface area contributed by atoms with Gasteiger partial charge in [0.1, 0.15) is 11.5 Å². The number of nitrogens with one attached hydrogen (secondary N) is 1. The minimum Gasteiger partial charge on any atom is -0.465 e. The molecule has 0 unspecified atom stereocenters. The van der Waals surface area contributed by atoms with Gasteiger partial charge in [0, 0.05) is 24.5 Å². The van der Waals surface area contributed by atoms with E-state index in [1.807, 2.05) is 47.0 Å². The second-order valence-corrected chi connectivity index (χ2v) is 6.33. The molecule has 0 saturated carbocycles. The van der Waals surface area contributed by atoms with E-state index < -0.39 is 0 Å². The number of methoxy groups -OCH3 is 1. The first-order valence-corrected chi connectivity index (χ1v) is 9.06. The largest absolute Gasteiger partial charge is 0.465 e. The van der Waals surface area contributed by atoms with Gasteiger partial charge in [-0.15, -0.1) is 0 Å². The highest BCUT2D eigenvalue weighted by molar-refractivity contribution is 5.90. The number of fused-ring (bicyclic) bond motifs is 1. The molecule has 6 heteroatoms. The number of ether oxygens (including phenoxy) is 1. The number of nitrogens with zero attached hydrogens (tertiary/aromatic N) is 3. The highest BCUT2D eigenvalue weighted by Gasteiger charge is 2.15. The van der Waals surface area contributed by atoms with Crippen LogP contribution in [-0.2, 0) is 11.2 Å². The Morgan fingerprint density at radius 3 is 2.61 bits per heavy atom. The van der Waals surface area contributed by atoms with Gasteiger partial charge in [0.2, 0.25) is 5.78 Å². The normalized spacial score (nSPS) is 10.8. The molecule has 0 atom stereocenters. The molecule has 0 spiro atoms. The number of benzene rings is 2. The number of rotatable bonds is 6. The number of aromatic nitrogens is 3. The summed E-state index contributed by atoms with van der Waals surface area (Å²) in [5.41, 5.74) is 3.47. The van der Waals surface area contributed by atoms with Gasteiger partial charge >= 0.3 is 5.97 Å². The molecule has 2 aromatic heterocycles. The summed E-state index contributed by atoms with van der Waals surface area (Å²) >= 11 is 0. The molecule has 0 aliphatic carbocycles. The number of anilines is 1. The fourth-order valence-electron chi connectivity index (χ4n) is 3.11. The minimum absolute atomic E-state index is 0.357. The lowest BCUT2D eigenvalue weighted by Crippen LogP contribution is -2.08. The topological polar surface area (TPSA) is 68.5 Å². The highest BCUT2D eigenvalue weighted by Crippen LogP contribution is 2.28. The quantitative estimate of drug-likeness (QED) is 0.521. The summed E-state index contributed by atoms with van der Waals surface area (Å²) in [5, 5.41) is 3.50. The van der Waals surface area contributed by atoms with Crippen LogP contribution < -0.4 is 5.32 Å². The summed E-state index contributed by atoms with van der Waals surface area (Å²) in [6.45, 7) is 0.764. The zero-order chi connectivity index (χ0) is 19.3. The molecule has 0 aliphatic rings. The average molecular weight is 372 g/mol. The van der Waals surface area contributed by atoms with Gasteiger partial charge in [0.25, 0.3) is 0 Å². The lowest BCUT2D eigenvalue weighted by molar-refractivity contribution is 0.0601. The first-order valence-electron chi connectivity index (χ1n) is 9.06. The van der Waals surface area contributed by atoms with E-state index in [9.17, 15) is 4.79 Å². The van der Waals surface area contributed by atoms with Gasteiger partial charge in [0.05, 0.1) is 12.7 Å². The Morgan fingerprint density at radius 2 is 1.86 bits per heavy atom. The van der Waals surface area contributed by atoms with Crippen molar-refractivity contribution < 1.29 is 9.53 Å². The molecular weight excluding hydrogens is 352 g/mol. The Kier molecular flexibility index (Phi) is 5.01. The third-order valence-electron chi connectivity index (χ3n) is 4.53. The van der Waals surface area contributed by atoms with Crippen molar-refractivity contribution in [1.82, 2.24) is 14.4 Å². The van der Waals surface area contributed by atoms with E-state index in [-0.39, 0.29) is 5.97 Å². The highest BCUT2D eigenvalue weighted by atomic mass is 16.5. The summed E-state index contributed by atoms with van der Waals surface area (Å²) in [7, 11) is 1.37. The summed E-state index contributed by atoms with van der Waals surface area (Å²) in [6, 6.07) is 19.4. The Hall–Kier alpha value is -3.67. The minimum atomic E-state index is -0.357. The van der Waals surface area contributed by atoms with Crippen LogP contribution in [0.15, 0.2) is 73.1 Å². The van der Waals surface area contributed by atoms with Crippen LogP contribution in [-0.4, -0.2) is 34.0 Å². The van der Waals surface area contributed by atoms with Crippen LogP contribution in [0.1, 0.15) is 15.9 Å². The van der Waals surface area contributed by atoms with E-state index in [0.717, 1.165) is 30.0 Å². The van der Waals surface area contributed by atoms with Crippen LogP contribution in [0.25, 0.3) is 17.0 Å². The molecule has 6 nitrogen and oxygen atoms in total. The van der Waals surface area contributed by atoms with Crippen molar-refractivity contribution in [3.63, 3.8) is 0 Å². The van der Waals surface area contributed by atoms with Gasteiger partial charge in [-0.2, -0.15) is 0 Å². The zero-order valence-electron chi connectivity index (χ0n) is 15.5. The maximum absolute atomic E-state index is 11.7. The van der Waals surface area contributed by atoms with E-state index in [4.69, 9.17) is 4.74 Å². The second kappa shape index (κ2) is 7.92. The van der Waals surface area contributed by atoms with E-state index in [1.54, 1.807) is 18.3 Å². The second-order valence-electron chi connectivity index (χ2n) is 6.33. The molecule has 140 valence electrons. The molecule has 4 aromatic rings. The molecule has 28 heavy (non-hydrogen) atoms. The van der Waals surface area contributed by atoms with Crippen LogP contribution in [0, 0.1) is 0 Å². The van der Waals surface area contributed by atoms with Crippen LogP contribution in [0.4, 0.5) is 5.82 Å². The Morgan fingerprint density at radius 1 is 1.07 bits per heavy atom. The fourth-order valence-corrected chi connectivity index (χ4v) is 3.11. The molecule has 0 saturated heterocycles. The van der Waals surface area contributed by atoms with Crippen molar-refractivity contribution in [3.05, 3.63) is 84.2 Å². The van der Waals surface area contributed by atoms with Crippen LogP contribution in [0.5, 0.6) is 0 Å². The molecule has 0 radical (unpaired) electrons. The predicted octanol–water partition coefficient (Wildman–Crippen LogP) is 3.84. The van der Waals surface area contributed by atoms with Crippen LogP contribution in [0.2, 0.25) is 0 Å². The molecule has 0 amide bonds. The lowest BCUT2D eigenvalue weighted by atomic mass is 10.1. The summed E-state index contributed by atoms with van der Waals surface area (Å²) < 4.78 is 6.71. The summed E-state index contributed by atoms with van der Waals surface area (Å²) in [5.74, 6) is 1.14. The van der Waals surface area contributed by atoms with Crippen molar-refractivity contribution in [3.8, 4) is 11.3 Å². The first-order chi connectivity index (χ1) is 13.8. The molecule has 2 aromatic carbocycles. The SMILES string of the molecule is COC(=O)c1ccc(-c2nc3ncccn3c2NCCc2ccccc2)cc1. The van der Waals surface area contributed by atoms with E-state index in [2.05, 4.69) is 27.4 Å². The van der Waals surface area contributed by atoms with Crippen molar-refractivity contribution in [1.29, 1.82) is 0 Å². The third kappa shape index (κ3) is 3.57. The number of carbonyl (C=O) groups is 1. The molecule has 4 rings (SSSR count). The summed E-state index contributed by atoms with van der Waals surface area (Å²) in [6.07, 6.45) is 4.56. The van der Waals surface area contributed by atoms with Crippen LogP contribution in [0.3, 0.4) is 0 Å². The maximum atomic E-state index is 11.7. The van der Waals surface area contributed by atoms with E-state index >= 15 is 0 Å². The van der Waals surface area contributed by atoms with Crippen LogP contribution >= 0.6 is 0 Å². The molecule has 2 heterocycles. The van der Waals surface area contributed by atoms with Gasteiger partial charge in [-0.05, 0) is 30.2 Å². The Labute approximate surface area is 162 Å². The van der Waals surface area contributed by atoms with Crippen molar-refractivity contribution in [2.24, 2.45) is 0 Å². The predicted molar refractivity (Wildman–Crippen MR) is 108 cm³/mol. The van der Waals surface area contributed by atoms with Gasteiger partial charge in [0.15, 0.2) is 0 Å². The third-order valence-corrected chi connectivity index (χ3v) is 4.53. The Balaban J connectivity index is 1.64. The van der Waals surface area contributed by atoms with Gasteiger partial charge in [-0.1, -0.05) is 42.5 Å². The zero-order valence-corrected chi connectivity index (χ0v) is 15.5. The summed E-state index contributed by atoms with van der Waals surface area (Å²) in [4.78, 5) is 20.7. The standard InChI is InChI=1S/C22H20N4O2/c1-28-21(27)18-10-8-17(9-11-18)19-20(26-15-5-13-24-22(26)25-19)23-14-12-16-6-3-2-4-7-16/h2-11,13,15,23H,12,14H2,1H3. The fraction of sp³-hybridized carbons (Fsp3) is 0.136. The number of hydrogen-bond acceptors (Lipinski definition) is 5. The average Bonchev–Trinajstić information content (AvgIpc) is 3.13. The molecule has 1 N–H and O–H groups in total. The van der Waals surface area contributed by atoms with E-state index in [0.29, 0.717) is 11.3 Å². The van der Waals surface area contributed by atoms with Gasteiger partial charge in [-0.25, -0.2) is 14.8 Å². The van der Waals surface area contributed by atoms with Crippen molar-refractivity contribution in [2.45, 2.75) is 6.42 Å². The number of carbonyl (C=O) groups excluding carboxylic acids is 1. The van der Waals surface area contributed by atoms with Crippen molar-refractivity contribution in [2.75, 3.05) is 19.0 Å². The lowest BCUT2D eigenvalue weighted by Gasteiger charge is -2.09. The maximum Gasteiger partial charge on any atom is 0.337 e. The molecule has 0 aliphatic heterocycles. The van der Waals surface area contributed by atoms with E-state index in [1.165, 1.54) is 12.7 Å². The molecule has 0 fully saturated rings. The number of imidazole rings is 1. The van der Waals surface area contributed by atoms with Gasteiger partial charge in [-0.3, -0.25) is 4.40 Å². The number of esters is 1. The van der Waals surface area contributed by atoms with Gasteiger partial charge < -0.3 is 10.1 Å². The molecule has 0 bridgehead atoms. The number of hydrogen-bond donors (Lipinski definition) is 1.